The third-order valence-electron chi connectivity index (χ3n) is 2.94. The van der Waals surface area contributed by atoms with E-state index in [1.165, 1.54) is 11.3 Å². The maximum Gasteiger partial charge on any atom is 0.330 e. The summed E-state index contributed by atoms with van der Waals surface area (Å²) in [7, 11) is 0. The van der Waals surface area contributed by atoms with Gasteiger partial charge in [0.2, 0.25) is 0 Å². The van der Waals surface area contributed by atoms with E-state index in [-0.39, 0.29) is 5.97 Å². The number of rotatable bonds is 9. The molecule has 0 aromatic carbocycles. The van der Waals surface area contributed by atoms with Crippen molar-refractivity contribution in [3.8, 4) is 0 Å². The second-order valence-electron chi connectivity index (χ2n) is 4.17. The number of carbonyl (C=O) groups is 1. The Labute approximate surface area is 129 Å². The number of nitrogens with zero attached hydrogens (tertiary/aromatic N) is 2. The van der Waals surface area contributed by atoms with Crippen molar-refractivity contribution in [3.63, 3.8) is 0 Å². The molecule has 5 nitrogen and oxygen atoms in total. The number of thiazole rings is 1. The van der Waals surface area contributed by atoms with Gasteiger partial charge < -0.3 is 9.64 Å². The van der Waals surface area contributed by atoms with E-state index in [1.807, 2.05) is 0 Å². The van der Waals surface area contributed by atoms with E-state index in [0.29, 0.717) is 22.5 Å². The topological polar surface area (TPSA) is 54.5 Å². The first-order chi connectivity index (χ1) is 9.62. The van der Waals surface area contributed by atoms with Crippen molar-refractivity contribution >= 4 is 28.9 Å². The normalized spacial score (nSPS) is 12.7. The lowest BCUT2D eigenvalue weighted by atomic mass is 10.3. The van der Waals surface area contributed by atoms with E-state index < -0.39 is 6.04 Å². The number of ether oxygens (including phenoxy) is 1. The zero-order valence-corrected chi connectivity index (χ0v) is 13.8. The third kappa shape index (κ3) is 5.36. The van der Waals surface area contributed by atoms with Crippen LogP contribution in [0.4, 0.5) is 0 Å². The SMILES string of the molecule is CCOC(=O)C(NCCN(CC)CC)c1ncc(Cl)s1. The van der Waals surface area contributed by atoms with Crippen molar-refractivity contribution in [2.24, 2.45) is 0 Å². The Kier molecular flexibility index (Phi) is 8.06. The van der Waals surface area contributed by atoms with E-state index in [2.05, 4.69) is 29.0 Å². The molecular weight excluding hydrogens is 298 g/mol. The summed E-state index contributed by atoms with van der Waals surface area (Å²) in [5.41, 5.74) is 0. The highest BCUT2D eigenvalue weighted by atomic mass is 35.5. The lowest BCUT2D eigenvalue weighted by Gasteiger charge is -2.20. The minimum absolute atomic E-state index is 0.307. The van der Waals surface area contributed by atoms with Crippen molar-refractivity contribution < 1.29 is 9.53 Å². The van der Waals surface area contributed by atoms with Crippen LogP contribution in [0.2, 0.25) is 4.34 Å². The first-order valence-electron chi connectivity index (χ1n) is 6.85. The van der Waals surface area contributed by atoms with Crippen molar-refractivity contribution in [3.05, 3.63) is 15.5 Å². The lowest BCUT2D eigenvalue weighted by Crippen LogP contribution is -2.37. The smallest absolute Gasteiger partial charge is 0.330 e. The van der Waals surface area contributed by atoms with Gasteiger partial charge in [0.05, 0.1) is 12.8 Å². The quantitative estimate of drug-likeness (QED) is 0.708. The second kappa shape index (κ2) is 9.28. The Morgan fingerprint density at radius 2 is 2.20 bits per heavy atom. The number of aromatic nitrogens is 1. The number of hydrogen-bond acceptors (Lipinski definition) is 6. The monoisotopic (exact) mass is 319 g/mol. The first-order valence-corrected chi connectivity index (χ1v) is 8.05. The highest BCUT2D eigenvalue weighted by Gasteiger charge is 2.24. The molecule has 1 unspecified atom stereocenters. The van der Waals surface area contributed by atoms with Crippen molar-refractivity contribution in [2.75, 3.05) is 32.8 Å². The molecule has 0 aliphatic heterocycles. The van der Waals surface area contributed by atoms with Crippen LogP contribution >= 0.6 is 22.9 Å². The van der Waals surface area contributed by atoms with Crippen LogP contribution in [-0.4, -0.2) is 48.6 Å². The first kappa shape index (κ1) is 17.4. The molecular formula is C13H22ClN3O2S. The van der Waals surface area contributed by atoms with Crippen LogP contribution in [0.1, 0.15) is 31.8 Å². The van der Waals surface area contributed by atoms with E-state index >= 15 is 0 Å². The van der Waals surface area contributed by atoms with Crippen molar-refractivity contribution in [1.29, 1.82) is 0 Å². The fourth-order valence-electron chi connectivity index (χ4n) is 1.80. The van der Waals surface area contributed by atoms with Gasteiger partial charge in [0.15, 0.2) is 6.04 Å². The predicted molar refractivity (Wildman–Crippen MR) is 82.3 cm³/mol. The summed E-state index contributed by atoms with van der Waals surface area (Å²) in [4.78, 5) is 18.4. The fourth-order valence-corrected chi connectivity index (χ4v) is 2.80. The Hall–Kier alpha value is -0.690. The van der Waals surface area contributed by atoms with Gasteiger partial charge >= 0.3 is 5.97 Å². The van der Waals surface area contributed by atoms with E-state index in [0.717, 1.165) is 19.6 Å². The number of esters is 1. The largest absolute Gasteiger partial charge is 0.465 e. The molecule has 20 heavy (non-hydrogen) atoms. The molecule has 0 fully saturated rings. The van der Waals surface area contributed by atoms with Gasteiger partial charge in [-0.05, 0) is 20.0 Å². The predicted octanol–water partition coefficient (Wildman–Crippen LogP) is 2.33. The molecule has 1 atom stereocenters. The molecule has 0 aliphatic carbocycles. The second-order valence-corrected chi connectivity index (χ2v) is 5.86. The zero-order valence-electron chi connectivity index (χ0n) is 12.2. The molecule has 0 saturated heterocycles. The highest BCUT2D eigenvalue weighted by Crippen LogP contribution is 2.24. The average Bonchev–Trinajstić information content (AvgIpc) is 2.85. The summed E-state index contributed by atoms with van der Waals surface area (Å²) in [5.74, 6) is -0.307. The number of nitrogens with one attached hydrogen (secondary N) is 1. The molecule has 0 radical (unpaired) electrons. The standard InChI is InChI=1S/C13H22ClN3O2S/c1-4-17(5-2)8-7-15-11(13(18)19-6-3)12-16-9-10(14)20-12/h9,11,15H,4-8H2,1-3H3. The van der Waals surface area contributed by atoms with Crippen LogP contribution in [0.5, 0.6) is 0 Å². The van der Waals surface area contributed by atoms with Crippen LogP contribution in [-0.2, 0) is 9.53 Å². The van der Waals surface area contributed by atoms with Crippen LogP contribution < -0.4 is 5.32 Å². The average molecular weight is 320 g/mol. The highest BCUT2D eigenvalue weighted by molar-refractivity contribution is 7.16. The Morgan fingerprint density at radius 1 is 1.50 bits per heavy atom. The molecule has 0 aliphatic rings. The van der Waals surface area contributed by atoms with Gasteiger partial charge in [-0.3, -0.25) is 5.32 Å². The molecule has 1 aromatic rings. The maximum absolute atomic E-state index is 12.0. The summed E-state index contributed by atoms with van der Waals surface area (Å²) < 4.78 is 5.66. The number of likely N-dealkylation sites (N-methyl/N-ethyl adjacent to an activating group) is 1. The number of hydrogen-bond donors (Lipinski definition) is 1. The molecule has 7 heteroatoms. The minimum atomic E-state index is -0.539. The minimum Gasteiger partial charge on any atom is -0.465 e. The third-order valence-corrected chi connectivity index (χ3v) is 4.12. The zero-order chi connectivity index (χ0) is 15.0. The van der Waals surface area contributed by atoms with Gasteiger partial charge in [-0.2, -0.15) is 0 Å². The Balaban J connectivity index is 2.62. The van der Waals surface area contributed by atoms with Crippen LogP contribution in [0.25, 0.3) is 0 Å². The fraction of sp³-hybridized carbons (Fsp3) is 0.692. The molecule has 1 aromatic heterocycles. The van der Waals surface area contributed by atoms with Gasteiger partial charge in [-0.15, -0.1) is 11.3 Å². The Morgan fingerprint density at radius 3 is 2.70 bits per heavy atom. The number of halogens is 1. The van der Waals surface area contributed by atoms with Gasteiger partial charge in [0.1, 0.15) is 9.34 Å². The maximum atomic E-state index is 12.0. The van der Waals surface area contributed by atoms with Crippen molar-refractivity contribution in [1.82, 2.24) is 15.2 Å². The van der Waals surface area contributed by atoms with Crippen LogP contribution in [0, 0.1) is 0 Å². The van der Waals surface area contributed by atoms with E-state index in [1.54, 1.807) is 13.1 Å². The summed E-state index contributed by atoms with van der Waals surface area (Å²) in [6.45, 7) is 9.94. The van der Waals surface area contributed by atoms with Gasteiger partial charge in [-0.25, -0.2) is 9.78 Å². The molecule has 0 amide bonds. The summed E-state index contributed by atoms with van der Waals surface area (Å²) >= 11 is 7.18. The van der Waals surface area contributed by atoms with Gasteiger partial charge in [0.25, 0.3) is 0 Å². The van der Waals surface area contributed by atoms with Gasteiger partial charge in [-0.1, -0.05) is 25.4 Å². The van der Waals surface area contributed by atoms with Crippen LogP contribution in [0.15, 0.2) is 6.20 Å². The molecule has 1 N–H and O–H groups in total. The van der Waals surface area contributed by atoms with Crippen molar-refractivity contribution in [2.45, 2.75) is 26.8 Å². The molecule has 0 saturated carbocycles. The molecule has 0 spiro atoms. The molecule has 1 rings (SSSR count). The Bertz CT molecular complexity index is 410. The summed E-state index contributed by atoms with van der Waals surface area (Å²) in [5, 5.41) is 3.85. The van der Waals surface area contributed by atoms with Gasteiger partial charge in [0, 0.05) is 13.1 Å². The number of carbonyl (C=O) groups excluding carboxylic acids is 1. The summed E-state index contributed by atoms with van der Waals surface area (Å²) in [6, 6.07) is -0.539. The molecule has 1 heterocycles. The van der Waals surface area contributed by atoms with E-state index in [4.69, 9.17) is 16.3 Å². The molecule has 114 valence electrons. The van der Waals surface area contributed by atoms with E-state index in [9.17, 15) is 4.79 Å². The molecule has 0 bridgehead atoms. The summed E-state index contributed by atoms with van der Waals surface area (Å²) in [6.07, 6.45) is 1.56. The lowest BCUT2D eigenvalue weighted by molar-refractivity contribution is -0.145. The van der Waals surface area contributed by atoms with Crippen LogP contribution in [0.3, 0.4) is 0 Å².